The maximum atomic E-state index is 11.1. The number of nitrogens with two attached hydrogens (primary N) is 1. The molecule has 0 bridgehead atoms. The number of carboxylic acid groups (broad SMARTS) is 1. The van der Waals surface area contributed by atoms with Crippen molar-refractivity contribution in [2.24, 2.45) is 5.73 Å². The van der Waals surface area contributed by atoms with Gasteiger partial charge in [0, 0.05) is 12.0 Å². The summed E-state index contributed by atoms with van der Waals surface area (Å²) in [6, 6.07) is 4.95. The molecule has 1 unspecified atom stereocenters. The Kier molecular flexibility index (Phi) is 2.32. The van der Waals surface area contributed by atoms with Crippen LogP contribution in [-0.4, -0.2) is 17.7 Å². The van der Waals surface area contributed by atoms with Gasteiger partial charge in [-0.2, -0.15) is 0 Å². The van der Waals surface area contributed by atoms with Crippen LogP contribution in [-0.2, 0) is 10.3 Å². The highest BCUT2D eigenvalue weighted by Crippen LogP contribution is 2.39. The molecule has 0 fully saturated rings. The third-order valence-corrected chi connectivity index (χ3v) is 2.87. The summed E-state index contributed by atoms with van der Waals surface area (Å²) in [5.74, 6) is -0.676. The molecule has 1 aromatic carbocycles. The molecule has 0 amide bonds. The second kappa shape index (κ2) is 3.40. The molecule has 0 aromatic heterocycles. The van der Waals surface area contributed by atoms with Gasteiger partial charge in [-0.05, 0) is 6.07 Å². The van der Waals surface area contributed by atoms with E-state index < -0.39 is 11.5 Å². The summed E-state index contributed by atoms with van der Waals surface area (Å²) in [5, 5.41) is 9.50. The fourth-order valence-corrected chi connectivity index (χ4v) is 1.91. The Balaban J connectivity index is 2.61. The van der Waals surface area contributed by atoms with Gasteiger partial charge in [-0.25, -0.2) is 4.79 Å². The normalized spacial score (nSPS) is 24.1. The van der Waals surface area contributed by atoms with Crippen LogP contribution in [0.2, 0.25) is 5.02 Å². The molecular formula is C10H10ClNO3. The number of ether oxygens (including phenoxy) is 1. The Hall–Kier alpha value is -1.26. The number of hydrogen-bond acceptors (Lipinski definition) is 3. The minimum Gasteiger partial charge on any atom is -0.492 e. The molecule has 2 rings (SSSR count). The van der Waals surface area contributed by atoms with Crippen LogP contribution in [0.4, 0.5) is 0 Å². The molecule has 1 aromatic rings. The van der Waals surface area contributed by atoms with Gasteiger partial charge < -0.3 is 15.6 Å². The van der Waals surface area contributed by atoms with Gasteiger partial charge in [0.05, 0.1) is 11.6 Å². The molecule has 4 nitrogen and oxygen atoms in total. The molecule has 1 atom stereocenters. The number of para-hydroxylation sites is 1. The zero-order valence-electron chi connectivity index (χ0n) is 7.87. The Morgan fingerprint density at radius 3 is 3.00 bits per heavy atom. The molecule has 0 radical (unpaired) electrons. The quantitative estimate of drug-likeness (QED) is 0.760. The van der Waals surface area contributed by atoms with Crippen molar-refractivity contribution >= 4 is 17.6 Å². The first kappa shape index (κ1) is 10.3. The second-order valence-corrected chi connectivity index (χ2v) is 3.90. The average Bonchev–Trinajstić information content (AvgIpc) is 2.20. The lowest BCUT2D eigenvalue weighted by Crippen LogP contribution is -2.48. The van der Waals surface area contributed by atoms with Crippen LogP contribution in [0.15, 0.2) is 18.2 Å². The molecule has 15 heavy (non-hydrogen) atoms. The van der Waals surface area contributed by atoms with E-state index in [1.165, 1.54) is 0 Å². The van der Waals surface area contributed by atoms with E-state index in [4.69, 9.17) is 27.2 Å². The Bertz CT molecular complexity index is 421. The Morgan fingerprint density at radius 1 is 1.60 bits per heavy atom. The van der Waals surface area contributed by atoms with E-state index in [1.54, 1.807) is 18.2 Å². The SMILES string of the molecule is NC1(C(=O)O)CCOc2c(Cl)cccc21. The third-order valence-electron chi connectivity index (χ3n) is 2.57. The maximum absolute atomic E-state index is 11.1. The van der Waals surface area contributed by atoms with Crippen LogP contribution in [0.5, 0.6) is 5.75 Å². The van der Waals surface area contributed by atoms with Crippen LogP contribution in [0, 0.1) is 0 Å². The third kappa shape index (κ3) is 1.46. The van der Waals surface area contributed by atoms with Gasteiger partial charge in [-0.3, -0.25) is 0 Å². The molecule has 0 saturated carbocycles. The highest BCUT2D eigenvalue weighted by molar-refractivity contribution is 6.32. The van der Waals surface area contributed by atoms with Crippen molar-refractivity contribution in [2.75, 3.05) is 6.61 Å². The number of carbonyl (C=O) groups is 1. The number of aliphatic carboxylic acids is 1. The molecule has 5 heteroatoms. The first-order valence-corrected chi connectivity index (χ1v) is 4.87. The predicted octanol–water partition coefficient (Wildman–Crippen LogP) is 1.36. The van der Waals surface area contributed by atoms with Crippen LogP contribution in [0.1, 0.15) is 12.0 Å². The second-order valence-electron chi connectivity index (χ2n) is 3.49. The van der Waals surface area contributed by atoms with Crippen molar-refractivity contribution in [3.63, 3.8) is 0 Å². The van der Waals surface area contributed by atoms with Crippen molar-refractivity contribution in [1.29, 1.82) is 0 Å². The monoisotopic (exact) mass is 227 g/mol. The minimum absolute atomic E-state index is 0.246. The zero-order valence-corrected chi connectivity index (χ0v) is 8.62. The fourth-order valence-electron chi connectivity index (χ4n) is 1.68. The first-order chi connectivity index (χ1) is 7.05. The first-order valence-electron chi connectivity index (χ1n) is 4.50. The van der Waals surface area contributed by atoms with Crippen molar-refractivity contribution in [2.45, 2.75) is 12.0 Å². The van der Waals surface area contributed by atoms with Gasteiger partial charge in [-0.1, -0.05) is 23.7 Å². The van der Waals surface area contributed by atoms with Crippen LogP contribution in [0.25, 0.3) is 0 Å². The van der Waals surface area contributed by atoms with Crippen LogP contribution >= 0.6 is 11.6 Å². The summed E-state index contributed by atoms with van der Waals surface area (Å²) in [7, 11) is 0. The summed E-state index contributed by atoms with van der Waals surface area (Å²) in [4.78, 5) is 11.1. The highest BCUT2D eigenvalue weighted by Gasteiger charge is 2.41. The van der Waals surface area contributed by atoms with Crippen molar-refractivity contribution in [1.82, 2.24) is 0 Å². The van der Waals surface area contributed by atoms with E-state index in [1.807, 2.05) is 0 Å². The lowest BCUT2D eigenvalue weighted by atomic mass is 9.86. The summed E-state index contributed by atoms with van der Waals surface area (Å²) < 4.78 is 5.32. The van der Waals surface area contributed by atoms with E-state index in [2.05, 4.69) is 0 Å². The largest absolute Gasteiger partial charge is 0.492 e. The number of hydrogen-bond donors (Lipinski definition) is 2. The molecule has 1 heterocycles. The summed E-state index contributed by atoms with van der Waals surface area (Å²) >= 11 is 5.90. The standard InChI is InChI=1S/C10H10ClNO3/c11-7-3-1-2-6-8(7)15-5-4-10(6,12)9(13)14/h1-3H,4-5,12H2,(H,13,14). The summed E-state index contributed by atoms with van der Waals surface area (Å²) in [6.45, 7) is 0.263. The van der Waals surface area contributed by atoms with Gasteiger partial charge in [0.2, 0.25) is 0 Å². The van der Waals surface area contributed by atoms with Crippen LogP contribution < -0.4 is 10.5 Å². The highest BCUT2D eigenvalue weighted by atomic mass is 35.5. The smallest absolute Gasteiger partial charge is 0.328 e. The van der Waals surface area contributed by atoms with Gasteiger partial charge in [0.1, 0.15) is 11.3 Å². The van der Waals surface area contributed by atoms with E-state index in [9.17, 15) is 4.79 Å². The number of fused-ring (bicyclic) bond motifs is 1. The van der Waals surface area contributed by atoms with Crippen LogP contribution in [0.3, 0.4) is 0 Å². The van der Waals surface area contributed by atoms with E-state index in [0.717, 1.165) is 0 Å². The minimum atomic E-state index is -1.39. The predicted molar refractivity (Wildman–Crippen MR) is 55.1 cm³/mol. The molecule has 1 aliphatic rings. The fraction of sp³-hybridized carbons (Fsp3) is 0.300. The molecule has 1 aliphatic heterocycles. The average molecular weight is 228 g/mol. The maximum Gasteiger partial charge on any atom is 0.328 e. The van der Waals surface area contributed by atoms with Crippen molar-refractivity contribution in [3.05, 3.63) is 28.8 Å². The van der Waals surface area contributed by atoms with Crippen molar-refractivity contribution in [3.8, 4) is 5.75 Å². The van der Waals surface area contributed by atoms with Gasteiger partial charge in [-0.15, -0.1) is 0 Å². The van der Waals surface area contributed by atoms with Gasteiger partial charge in [0.15, 0.2) is 0 Å². The lowest BCUT2D eigenvalue weighted by Gasteiger charge is -2.32. The number of halogens is 1. The summed E-state index contributed by atoms with van der Waals surface area (Å²) in [6.07, 6.45) is 0.246. The number of carboxylic acids is 1. The van der Waals surface area contributed by atoms with E-state index in [0.29, 0.717) is 16.3 Å². The van der Waals surface area contributed by atoms with E-state index >= 15 is 0 Å². The topological polar surface area (TPSA) is 72.6 Å². The van der Waals surface area contributed by atoms with E-state index in [-0.39, 0.29) is 13.0 Å². The molecular weight excluding hydrogens is 218 g/mol. The van der Waals surface area contributed by atoms with Gasteiger partial charge >= 0.3 is 5.97 Å². The Labute approximate surface area is 91.6 Å². The molecule has 3 N–H and O–H groups in total. The zero-order chi connectivity index (χ0) is 11.1. The van der Waals surface area contributed by atoms with Gasteiger partial charge in [0.25, 0.3) is 0 Å². The molecule has 0 spiro atoms. The summed E-state index contributed by atoms with van der Waals surface area (Å²) in [5.41, 5.74) is 4.89. The van der Waals surface area contributed by atoms with Crippen molar-refractivity contribution < 1.29 is 14.6 Å². The Morgan fingerprint density at radius 2 is 2.33 bits per heavy atom. The molecule has 0 saturated heterocycles. The molecule has 80 valence electrons. The molecule has 0 aliphatic carbocycles. The lowest BCUT2D eigenvalue weighted by molar-refractivity contribution is -0.144. The number of benzene rings is 1. The number of rotatable bonds is 1.